The average molecular weight is 407 g/mol. The van der Waals surface area contributed by atoms with Gasteiger partial charge in [0.25, 0.3) is 5.91 Å². The topological polar surface area (TPSA) is 67.9 Å². The van der Waals surface area contributed by atoms with Crippen molar-refractivity contribution in [3.8, 4) is 11.8 Å². The molecule has 31 heavy (non-hydrogen) atoms. The fourth-order valence-corrected chi connectivity index (χ4v) is 3.52. The van der Waals surface area contributed by atoms with Gasteiger partial charge in [-0.05, 0) is 48.4 Å². The highest BCUT2D eigenvalue weighted by Crippen LogP contribution is 2.31. The second-order valence-corrected chi connectivity index (χ2v) is 7.29. The first kappa shape index (κ1) is 20.1. The molecule has 4 rings (SSSR count). The minimum atomic E-state index is -0.463. The number of fused-ring (bicyclic) bond motifs is 1. The van der Waals surface area contributed by atoms with Crippen molar-refractivity contribution in [2.45, 2.75) is 20.5 Å². The fourth-order valence-electron chi connectivity index (χ4n) is 3.52. The number of aromatic nitrogens is 2. The average Bonchev–Trinajstić information content (AvgIpc) is 3.14. The van der Waals surface area contributed by atoms with Crippen LogP contribution in [-0.2, 0) is 6.61 Å². The first-order valence-corrected chi connectivity index (χ1v) is 9.95. The Morgan fingerprint density at radius 3 is 2.52 bits per heavy atom. The molecule has 0 radical (unpaired) electrons. The van der Waals surface area contributed by atoms with Crippen molar-refractivity contribution in [1.29, 1.82) is 5.26 Å². The molecule has 5 nitrogen and oxygen atoms in total. The van der Waals surface area contributed by atoms with E-state index in [2.05, 4.69) is 5.10 Å². The number of benzene rings is 3. The monoisotopic (exact) mass is 407 g/mol. The standard InChI is InChI=1S/C26H21N3O2/c1-18-14-19(2)29(28-18)26(30)22(16-27)15-24-23-11-7-6-10-21(23)12-13-25(24)31-17-20-8-4-3-5-9-20/h3-15H,17H2,1-2H3/b22-15+. The van der Waals surface area contributed by atoms with Crippen molar-refractivity contribution in [3.05, 3.63) is 101 Å². The van der Waals surface area contributed by atoms with E-state index in [0.717, 1.165) is 22.0 Å². The van der Waals surface area contributed by atoms with Crippen LogP contribution < -0.4 is 4.74 Å². The number of ether oxygens (including phenoxy) is 1. The van der Waals surface area contributed by atoms with Crippen LogP contribution in [0.4, 0.5) is 0 Å². The van der Waals surface area contributed by atoms with Crippen LogP contribution >= 0.6 is 0 Å². The summed E-state index contributed by atoms with van der Waals surface area (Å²) < 4.78 is 7.37. The first-order valence-electron chi connectivity index (χ1n) is 9.95. The van der Waals surface area contributed by atoms with E-state index in [0.29, 0.717) is 23.6 Å². The van der Waals surface area contributed by atoms with E-state index in [1.807, 2.05) is 79.7 Å². The van der Waals surface area contributed by atoms with Gasteiger partial charge >= 0.3 is 0 Å². The highest BCUT2D eigenvalue weighted by atomic mass is 16.5. The van der Waals surface area contributed by atoms with Crippen LogP contribution in [0.3, 0.4) is 0 Å². The van der Waals surface area contributed by atoms with Gasteiger partial charge in [-0.2, -0.15) is 10.4 Å². The molecule has 0 fully saturated rings. The summed E-state index contributed by atoms with van der Waals surface area (Å²) in [5, 5.41) is 15.9. The van der Waals surface area contributed by atoms with Crippen molar-refractivity contribution in [1.82, 2.24) is 9.78 Å². The molecule has 152 valence electrons. The van der Waals surface area contributed by atoms with Crippen LogP contribution in [-0.4, -0.2) is 15.7 Å². The molecule has 0 saturated carbocycles. The van der Waals surface area contributed by atoms with Gasteiger partial charge in [0.05, 0.1) is 5.69 Å². The highest BCUT2D eigenvalue weighted by Gasteiger charge is 2.17. The Morgan fingerprint density at radius 2 is 1.81 bits per heavy atom. The van der Waals surface area contributed by atoms with Crippen LogP contribution in [0.25, 0.3) is 16.8 Å². The molecule has 0 spiro atoms. The molecule has 4 aromatic rings. The van der Waals surface area contributed by atoms with E-state index in [-0.39, 0.29) is 5.57 Å². The van der Waals surface area contributed by atoms with Gasteiger partial charge in [-0.3, -0.25) is 4.79 Å². The highest BCUT2D eigenvalue weighted by molar-refractivity contribution is 6.06. The number of aryl methyl sites for hydroxylation is 2. The number of hydrogen-bond donors (Lipinski definition) is 0. The Labute approximate surface area is 180 Å². The molecule has 0 amide bonds. The summed E-state index contributed by atoms with van der Waals surface area (Å²) >= 11 is 0. The van der Waals surface area contributed by atoms with E-state index < -0.39 is 5.91 Å². The van der Waals surface area contributed by atoms with Gasteiger partial charge < -0.3 is 4.74 Å². The van der Waals surface area contributed by atoms with Gasteiger partial charge in [-0.25, -0.2) is 4.68 Å². The summed E-state index contributed by atoms with van der Waals surface area (Å²) in [7, 11) is 0. The van der Waals surface area contributed by atoms with Gasteiger partial charge in [0.2, 0.25) is 0 Å². The molecule has 1 heterocycles. The second kappa shape index (κ2) is 8.68. The minimum Gasteiger partial charge on any atom is -0.488 e. The minimum absolute atomic E-state index is 0.00730. The summed E-state index contributed by atoms with van der Waals surface area (Å²) in [6, 6.07) is 25.4. The van der Waals surface area contributed by atoms with Crippen LogP contribution in [0.5, 0.6) is 5.75 Å². The molecular formula is C26H21N3O2. The molecule has 0 aliphatic rings. The van der Waals surface area contributed by atoms with Crippen molar-refractivity contribution < 1.29 is 9.53 Å². The molecule has 0 unspecified atom stereocenters. The Kier molecular flexibility index (Phi) is 5.63. The van der Waals surface area contributed by atoms with Gasteiger partial charge in [0, 0.05) is 11.3 Å². The third kappa shape index (κ3) is 4.24. The number of carbonyl (C=O) groups is 1. The van der Waals surface area contributed by atoms with Crippen molar-refractivity contribution in [2.75, 3.05) is 0 Å². The number of nitriles is 1. The SMILES string of the molecule is Cc1cc(C)n(C(=O)/C(C#N)=C/c2c(OCc3ccccc3)ccc3ccccc23)n1. The lowest BCUT2D eigenvalue weighted by Gasteiger charge is -2.13. The third-order valence-corrected chi connectivity index (χ3v) is 5.01. The lowest BCUT2D eigenvalue weighted by Crippen LogP contribution is -2.15. The predicted molar refractivity (Wildman–Crippen MR) is 121 cm³/mol. The maximum atomic E-state index is 13.0. The Hall–Kier alpha value is -4.17. The second-order valence-electron chi connectivity index (χ2n) is 7.29. The molecule has 0 saturated heterocycles. The molecule has 0 aliphatic carbocycles. The van der Waals surface area contributed by atoms with Gasteiger partial charge in [-0.1, -0.05) is 60.7 Å². The number of rotatable bonds is 5. The number of hydrogen-bond acceptors (Lipinski definition) is 4. The molecule has 0 bridgehead atoms. The zero-order valence-electron chi connectivity index (χ0n) is 17.4. The van der Waals surface area contributed by atoms with Gasteiger partial charge in [-0.15, -0.1) is 0 Å². The van der Waals surface area contributed by atoms with Gasteiger partial charge in [0.15, 0.2) is 0 Å². The summed E-state index contributed by atoms with van der Waals surface area (Å²) in [6.45, 7) is 3.99. The molecule has 0 aliphatic heterocycles. The lowest BCUT2D eigenvalue weighted by atomic mass is 10.0. The Balaban J connectivity index is 1.79. The summed E-state index contributed by atoms with van der Waals surface area (Å²) in [6.07, 6.45) is 1.60. The molecular weight excluding hydrogens is 386 g/mol. The van der Waals surface area contributed by atoms with Crippen molar-refractivity contribution >= 4 is 22.8 Å². The predicted octanol–water partition coefficient (Wildman–Crippen LogP) is 5.48. The molecule has 0 atom stereocenters. The number of carbonyl (C=O) groups excluding carboxylic acids is 1. The van der Waals surface area contributed by atoms with Gasteiger partial charge in [0.1, 0.15) is 24.0 Å². The maximum absolute atomic E-state index is 13.0. The van der Waals surface area contributed by atoms with Crippen molar-refractivity contribution in [3.63, 3.8) is 0 Å². The molecule has 1 aromatic heterocycles. The summed E-state index contributed by atoms with van der Waals surface area (Å²) in [4.78, 5) is 13.0. The Bertz CT molecular complexity index is 1330. The number of allylic oxidation sites excluding steroid dienone is 1. The molecule has 0 N–H and O–H groups in total. The zero-order valence-corrected chi connectivity index (χ0v) is 17.4. The van der Waals surface area contributed by atoms with E-state index >= 15 is 0 Å². The fraction of sp³-hybridized carbons (Fsp3) is 0.115. The third-order valence-electron chi connectivity index (χ3n) is 5.01. The van der Waals surface area contributed by atoms with Crippen LogP contribution in [0.2, 0.25) is 0 Å². The van der Waals surface area contributed by atoms with E-state index in [1.54, 1.807) is 19.1 Å². The quantitative estimate of drug-likeness (QED) is 0.324. The van der Waals surface area contributed by atoms with Crippen LogP contribution in [0.1, 0.15) is 27.3 Å². The normalized spacial score (nSPS) is 11.3. The zero-order chi connectivity index (χ0) is 21.8. The molecule has 3 aromatic carbocycles. The summed E-state index contributed by atoms with van der Waals surface area (Å²) in [5.41, 5.74) is 3.12. The number of nitrogens with zero attached hydrogens (tertiary/aromatic N) is 3. The molecule has 5 heteroatoms. The van der Waals surface area contributed by atoms with E-state index in [1.165, 1.54) is 4.68 Å². The summed E-state index contributed by atoms with van der Waals surface area (Å²) in [5.74, 6) is 0.145. The smallest absolute Gasteiger partial charge is 0.289 e. The lowest BCUT2D eigenvalue weighted by molar-refractivity contribution is 0.0944. The van der Waals surface area contributed by atoms with Crippen LogP contribution in [0, 0.1) is 25.2 Å². The van der Waals surface area contributed by atoms with Crippen molar-refractivity contribution in [2.24, 2.45) is 0 Å². The first-order chi connectivity index (χ1) is 15.1. The van der Waals surface area contributed by atoms with E-state index in [9.17, 15) is 10.1 Å². The van der Waals surface area contributed by atoms with Crippen LogP contribution in [0.15, 0.2) is 78.4 Å². The van der Waals surface area contributed by atoms with E-state index in [4.69, 9.17) is 4.74 Å². The Morgan fingerprint density at radius 1 is 1.06 bits per heavy atom. The maximum Gasteiger partial charge on any atom is 0.289 e. The largest absolute Gasteiger partial charge is 0.488 e.